The molecule has 1 saturated heterocycles. The van der Waals surface area contributed by atoms with Crippen LogP contribution in [0.4, 0.5) is 5.69 Å². The molecule has 96 valence electrons. The van der Waals surface area contributed by atoms with Crippen molar-refractivity contribution in [2.75, 3.05) is 18.0 Å². The highest BCUT2D eigenvalue weighted by atomic mass is 16.3. The molecule has 0 amide bonds. The van der Waals surface area contributed by atoms with Crippen LogP contribution in [0.2, 0.25) is 0 Å². The molecule has 0 spiro atoms. The lowest BCUT2D eigenvalue weighted by Gasteiger charge is -2.28. The first kappa shape index (κ1) is 10.9. The molecule has 1 aliphatic heterocycles. The van der Waals surface area contributed by atoms with Gasteiger partial charge in [0.25, 0.3) is 0 Å². The zero-order valence-electron chi connectivity index (χ0n) is 10.9. The fraction of sp³-hybridized carbons (Fsp3) is 0.294. The van der Waals surface area contributed by atoms with Crippen molar-refractivity contribution in [3.8, 4) is 0 Å². The number of benzene rings is 2. The highest BCUT2D eigenvalue weighted by Crippen LogP contribution is 2.35. The van der Waals surface area contributed by atoms with E-state index in [1.54, 1.807) is 0 Å². The minimum absolute atomic E-state index is 0.988. The zero-order chi connectivity index (χ0) is 12.7. The first-order valence-electron chi connectivity index (χ1n) is 7.09. The van der Waals surface area contributed by atoms with Crippen LogP contribution >= 0.6 is 0 Å². The molecule has 2 aromatic carbocycles. The summed E-state index contributed by atoms with van der Waals surface area (Å²) in [5.74, 6) is 0. The molecule has 1 aliphatic rings. The maximum absolute atomic E-state index is 6.10. The maximum Gasteiger partial charge on any atom is 0.158 e. The summed E-state index contributed by atoms with van der Waals surface area (Å²) in [7, 11) is 0. The molecule has 1 aromatic heterocycles. The van der Waals surface area contributed by atoms with Crippen molar-refractivity contribution >= 4 is 27.6 Å². The Morgan fingerprint density at radius 3 is 2.47 bits per heavy atom. The van der Waals surface area contributed by atoms with E-state index in [4.69, 9.17) is 4.42 Å². The number of nitrogens with zero attached hydrogens (tertiary/aromatic N) is 1. The minimum atomic E-state index is 0.988. The van der Waals surface area contributed by atoms with Gasteiger partial charge in [0.15, 0.2) is 5.58 Å². The average Bonchev–Trinajstić information content (AvgIpc) is 2.87. The molecule has 0 aliphatic carbocycles. The number of furan rings is 1. The largest absolute Gasteiger partial charge is 0.454 e. The maximum atomic E-state index is 6.10. The lowest BCUT2D eigenvalue weighted by molar-refractivity contribution is 0.574. The summed E-state index contributed by atoms with van der Waals surface area (Å²) in [5.41, 5.74) is 3.29. The Labute approximate surface area is 112 Å². The van der Waals surface area contributed by atoms with Crippen LogP contribution in [-0.4, -0.2) is 13.1 Å². The van der Waals surface area contributed by atoms with Gasteiger partial charge in [0.2, 0.25) is 0 Å². The molecule has 2 heterocycles. The molecule has 0 bridgehead atoms. The van der Waals surface area contributed by atoms with Gasteiger partial charge in [-0.25, -0.2) is 0 Å². The summed E-state index contributed by atoms with van der Waals surface area (Å²) in [6.07, 6.45) is 3.93. The molecule has 2 nitrogen and oxygen atoms in total. The van der Waals surface area contributed by atoms with Gasteiger partial charge in [-0.05, 0) is 31.4 Å². The van der Waals surface area contributed by atoms with Crippen molar-refractivity contribution in [3.63, 3.8) is 0 Å². The standard InChI is InChI=1S/C17H17NO/c1-4-11-18(12-5-1)15-9-6-8-14-13-7-2-3-10-16(13)19-17(14)15/h2-3,6-10H,1,4-5,11-12H2. The van der Waals surface area contributed by atoms with E-state index in [0.29, 0.717) is 0 Å². The molecule has 1 fully saturated rings. The van der Waals surface area contributed by atoms with E-state index in [1.807, 2.05) is 6.07 Å². The summed E-state index contributed by atoms with van der Waals surface area (Å²) in [4.78, 5) is 2.47. The summed E-state index contributed by atoms with van der Waals surface area (Å²) < 4.78 is 6.10. The van der Waals surface area contributed by atoms with Crippen LogP contribution in [0, 0.1) is 0 Å². The van der Waals surface area contributed by atoms with Crippen LogP contribution in [0.25, 0.3) is 21.9 Å². The highest BCUT2D eigenvalue weighted by Gasteiger charge is 2.16. The average molecular weight is 251 g/mol. The lowest BCUT2D eigenvalue weighted by Crippen LogP contribution is -2.29. The Hall–Kier alpha value is -1.96. The van der Waals surface area contributed by atoms with Gasteiger partial charge in [-0.3, -0.25) is 0 Å². The third-order valence-electron chi connectivity index (χ3n) is 4.08. The minimum Gasteiger partial charge on any atom is -0.454 e. The Morgan fingerprint density at radius 2 is 1.58 bits per heavy atom. The van der Waals surface area contributed by atoms with E-state index in [9.17, 15) is 0 Å². The van der Waals surface area contributed by atoms with Crippen LogP contribution in [0.1, 0.15) is 19.3 Å². The number of para-hydroxylation sites is 2. The van der Waals surface area contributed by atoms with Crippen molar-refractivity contribution in [1.29, 1.82) is 0 Å². The lowest BCUT2D eigenvalue weighted by atomic mass is 10.1. The van der Waals surface area contributed by atoms with Crippen LogP contribution in [0.5, 0.6) is 0 Å². The molecular weight excluding hydrogens is 234 g/mol. The Morgan fingerprint density at radius 1 is 0.789 bits per heavy atom. The van der Waals surface area contributed by atoms with E-state index >= 15 is 0 Å². The second-order valence-corrected chi connectivity index (χ2v) is 5.30. The van der Waals surface area contributed by atoms with Crippen LogP contribution in [0.15, 0.2) is 46.9 Å². The molecular formula is C17H17NO. The van der Waals surface area contributed by atoms with Crippen molar-refractivity contribution in [2.24, 2.45) is 0 Å². The second kappa shape index (κ2) is 4.30. The van der Waals surface area contributed by atoms with Gasteiger partial charge in [0.05, 0.1) is 5.69 Å². The number of fused-ring (bicyclic) bond motifs is 3. The van der Waals surface area contributed by atoms with Gasteiger partial charge < -0.3 is 9.32 Å². The van der Waals surface area contributed by atoms with Gasteiger partial charge in [0.1, 0.15) is 5.58 Å². The van der Waals surface area contributed by atoms with Crippen LogP contribution in [-0.2, 0) is 0 Å². The van der Waals surface area contributed by atoms with Gasteiger partial charge in [-0.1, -0.05) is 30.3 Å². The van der Waals surface area contributed by atoms with E-state index in [2.05, 4.69) is 41.3 Å². The Balaban J connectivity index is 1.95. The molecule has 0 radical (unpaired) electrons. The van der Waals surface area contributed by atoms with Crippen LogP contribution in [0.3, 0.4) is 0 Å². The fourth-order valence-electron chi connectivity index (χ4n) is 3.12. The van der Waals surface area contributed by atoms with Crippen molar-refractivity contribution < 1.29 is 4.42 Å². The number of piperidine rings is 1. The van der Waals surface area contributed by atoms with Gasteiger partial charge in [-0.2, -0.15) is 0 Å². The zero-order valence-corrected chi connectivity index (χ0v) is 10.9. The number of hydrogen-bond donors (Lipinski definition) is 0. The second-order valence-electron chi connectivity index (χ2n) is 5.30. The van der Waals surface area contributed by atoms with E-state index in [0.717, 1.165) is 24.3 Å². The highest BCUT2D eigenvalue weighted by molar-refractivity contribution is 6.08. The van der Waals surface area contributed by atoms with Crippen molar-refractivity contribution in [2.45, 2.75) is 19.3 Å². The smallest absolute Gasteiger partial charge is 0.158 e. The fourth-order valence-corrected chi connectivity index (χ4v) is 3.12. The van der Waals surface area contributed by atoms with Crippen molar-refractivity contribution in [3.05, 3.63) is 42.5 Å². The molecule has 3 aromatic rings. The summed E-state index contributed by atoms with van der Waals surface area (Å²) >= 11 is 0. The number of anilines is 1. The Bertz CT molecular complexity index is 722. The molecule has 0 N–H and O–H groups in total. The summed E-state index contributed by atoms with van der Waals surface area (Å²) in [6, 6.07) is 14.8. The quantitative estimate of drug-likeness (QED) is 0.629. The predicted octanol–water partition coefficient (Wildman–Crippen LogP) is 4.58. The Kier molecular flexibility index (Phi) is 2.47. The van der Waals surface area contributed by atoms with Gasteiger partial charge in [0, 0.05) is 23.9 Å². The molecule has 2 heteroatoms. The first-order chi connectivity index (χ1) is 9.43. The van der Waals surface area contributed by atoms with E-state index in [-0.39, 0.29) is 0 Å². The molecule has 0 saturated carbocycles. The third-order valence-corrected chi connectivity index (χ3v) is 4.08. The van der Waals surface area contributed by atoms with Crippen LogP contribution < -0.4 is 4.90 Å². The summed E-state index contributed by atoms with van der Waals surface area (Å²) in [6.45, 7) is 2.30. The molecule has 0 unspecified atom stereocenters. The SMILES string of the molecule is c1ccc2c(c1)oc1c(N3CCCCC3)cccc12. The molecule has 4 rings (SSSR count). The molecule has 19 heavy (non-hydrogen) atoms. The monoisotopic (exact) mass is 251 g/mol. The van der Waals surface area contributed by atoms with E-state index < -0.39 is 0 Å². The normalized spacial score (nSPS) is 16.3. The van der Waals surface area contributed by atoms with Crippen molar-refractivity contribution in [1.82, 2.24) is 0 Å². The first-order valence-corrected chi connectivity index (χ1v) is 7.09. The van der Waals surface area contributed by atoms with E-state index in [1.165, 1.54) is 35.7 Å². The predicted molar refractivity (Wildman–Crippen MR) is 79.8 cm³/mol. The van der Waals surface area contributed by atoms with Gasteiger partial charge in [-0.15, -0.1) is 0 Å². The number of rotatable bonds is 1. The summed E-state index contributed by atoms with van der Waals surface area (Å²) in [5, 5.41) is 2.45. The topological polar surface area (TPSA) is 16.4 Å². The van der Waals surface area contributed by atoms with Gasteiger partial charge >= 0.3 is 0 Å². The molecule has 0 atom stereocenters. The third kappa shape index (κ3) is 1.71. The number of hydrogen-bond acceptors (Lipinski definition) is 2.